The van der Waals surface area contributed by atoms with Crippen LogP contribution in [0.25, 0.3) is 0 Å². The molecule has 1 fully saturated rings. The summed E-state index contributed by atoms with van der Waals surface area (Å²) in [4.78, 5) is 2.39. The highest BCUT2D eigenvalue weighted by molar-refractivity contribution is 6.31. The van der Waals surface area contributed by atoms with Crippen LogP contribution in [0.5, 0.6) is 0 Å². The van der Waals surface area contributed by atoms with Crippen molar-refractivity contribution in [2.75, 3.05) is 23.7 Å². The van der Waals surface area contributed by atoms with Crippen LogP contribution in [0.3, 0.4) is 0 Å². The molecule has 0 saturated carbocycles. The van der Waals surface area contributed by atoms with Gasteiger partial charge in [0.25, 0.3) is 0 Å². The van der Waals surface area contributed by atoms with Crippen molar-refractivity contribution in [3.8, 4) is 0 Å². The molecule has 2 rings (SSSR count). The Hall–Kier alpha value is -0.890. The highest BCUT2D eigenvalue weighted by Gasteiger charge is 2.20. The van der Waals surface area contributed by atoms with Crippen molar-refractivity contribution in [1.82, 2.24) is 0 Å². The van der Waals surface area contributed by atoms with Gasteiger partial charge < -0.3 is 10.6 Å². The number of hydrogen-bond acceptors (Lipinski definition) is 2. The van der Waals surface area contributed by atoms with E-state index in [2.05, 4.69) is 18.7 Å². The van der Waals surface area contributed by atoms with E-state index in [4.69, 9.17) is 17.3 Å². The minimum atomic E-state index is 0.767. The Bertz CT molecular complexity index is 403. The quantitative estimate of drug-likeness (QED) is 0.814. The average molecular weight is 267 g/mol. The van der Waals surface area contributed by atoms with Gasteiger partial charge in [-0.25, -0.2) is 0 Å². The molecule has 1 aliphatic heterocycles. The molecule has 0 bridgehead atoms. The molecule has 0 aliphatic carbocycles. The summed E-state index contributed by atoms with van der Waals surface area (Å²) in [6.07, 6.45) is 3.83. The summed E-state index contributed by atoms with van der Waals surface area (Å²) in [6.45, 7) is 6.84. The maximum atomic E-state index is 6.07. The molecule has 3 heteroatoms. The standard InChI is InChI=1S/C15H23ClN2/c1-11(2)12-4-3-8-18(9-7-12)15-10-13(16)5-6-14(15)17/h5-6,10-12H,3-4,7-9,17H2,1-2H3. The van der Waals surface area contributed by atoms with Gasteiger partial charge in [0.15, 0.2) is 0 Å². The zero-order valence-electron chi connectivity index (χ0n) is 11.3. The molecule has 2 N–H and O–H groups in total. The third-order valence-corrected chi connectivity index (χ3v) is 4.28. The van der Waals surface area contributed by atoms with Gasteiger partial charge in [-0.05, 0) is 49.3 Å². The fraction of sp³-hybridized carbons (Fsp3) is 0.600. The van der Waals surface area contributed by atoms with Crippen molar-refractivity contribution in [2.45, 2.75) is 33.1 Å². The Morgan fingerprint density at radius 2 is 2.06 bits per heavy atom. The average Bonchev–Trinajstić information content (AvgIpc) is 2.58. The van der Waals surface area contributed by atoms with E-state index < -0.39 is 0 Å². The monoisotopic (exact) mass is 266 g/mol. The van der Waals surface area contributed by atoms with Gasteiger partial charge in [-0.3, -0.25) is 0 Å². The second-order valence-electron chi connectivity index (χ2n) is 5.63. The van der Waals surface area contributed by atoms with Gasteiger partial charge in [-0.1, -0.05) is 25.4 Å². The van der Waals surface area contributed by atoms with Crippen molar-refractivity contribution < 1.29 is 0 Å². The van der Waals surface area contributed by atoms with Crippen LogP contribution in [-0.4, -0.2) is 13.1 Å². The number of benzene rings is 1. The molecule has 1 atom stereocenters. The summed E-state index contributed by atoms with van der Waals surface area (Å²) >= 11 is 6.07. The molecule has 1 saturated heterocycles. The van der Waals surface area contributed by atoms with Crippen LogP contribution in [0.2, 0.25) is 5.02 Å². The largest absolute Gasteiger partial charge is 0.397 e. The van der Waals surface area contributed by atoms with Crippen LogP contribution in [0.15, 0.2) is 18.2 Å². The van der Waals surface area contributed by atoms with E-state index in [9.17, 15) is 0 Å². The fourth-order valence-corrected chi connectivity index (χ4v) is 2.99. The third kappa shape index (κ3) is 3.11. The van der Waals surface area contributed by atoms with Gasteiger partial charge in [-0.2, -0.15) is 0 Å². The molecule has 1 heterocycles. The predicted molar refractivity (Wildman–Crippen MR) is 80.3 cm³/mol. The Labute approximate surface area is 115 Å². The third-order valence-electron chi connectivity index (χ3n) is 4.05. The SMILES string of the molecule is CC(C)C1CCCN(c2cc(Cl)ccc2N)CC1. The van der Waals surface area contributed by atoms with E-state index in [-0.39, 0.29) is 0 Å². The van der Waals surface area contributed by atoms with Crippen molar-refractivity contribution in [3.05, 3.63) is 23.2 Å². The first-order valence-corrected chi connectivity index (χ1v) is 7.25. The van der Waals surface area contributed by atoms with Gasteiger partial charge in [0.2, 0.25) is 0 Å². The molecule has 1 unspecified atom stereocenters. The lowest BCUT2D eigenvalue weighted by Crippen LogP contribution is -2.25. The van der Waals surface area contributed by atoms with Crippen molar-refractivity contribution in [3.63, 3.8) is 0 Å². The minimum Gasteiger partial charge on any atom is -0.397 e. The van der Waals surface area contributed by atoms with Crippen LogP contribution in [0.4, 0.5) is 11.4 Å². The second kappa shape index (κ2) is 5.83. The zero-order valence-corrected chi connectivity index (χ0v) is 12.1. The highest BCUT2D eigenvalue weighted by atomic mass is 35.5. The molecule has 18 heavy (non-hydrogen) atoms. The molecule has 1 aromatic rings. The second-order valence-corrected chi connectivity index (χ2v) is 6.06. The number of nitrogens with zero attached hydrogens (tertiary/aromatic N) is 1. The Morgan fingerprint density at radius 3 is 2.78 bits per heavy atom. The Kier molecular flexibility index (Phi) is 4.39. The number of nitrogen functional groups attached to an aromatic ring is 1. The molecule has 1 aliphatic rings. The lowest BCUT2D eigenvalue weighted by molar-refractivity contribution is 0.351. The first-order chi connectivity index (χ1) is 8.58. The summed E-state index contributed by atoms with van der Waals surface area (Å²) in [6, 6.07) is 5.75. The zero-order chi connectivity index (χ0) is 13.1. The topological polar surface area (TPSA) is 29.3 Å². The van der Waals surface area contributed by atoms with Gasteiger partial charge >= 0.3 is 0 Å². The molecule has 0 radical (unpaired) electrons. The maximum Gasteiger partial charge on any atom is 0.0614 e. The van der Waals surface area contributed by atoms with E-state index in [1.54, 1.807) is 0 Å². The summed E-state index contributed by atoms with van der Waals surface area (Å²) in [7, 11) is 0. The number of anilines is 2. The van der Waals surface area contributed by atoms with Crippen molar-refractivity contribution >= 4 is 23.0 Å². The normalized spacial score (nSPS) is 21.1. The molecule has 1 aromatic carbocycles. The van der Waals surface area contributed by atoms with Crippen LogP contribution in [0.1, 0.15) is 33.1 Å². The van der Waals surface area contributed by atoms with Crippen LogP contribution >= 0.6 is 11.6 Å². The summed E-state index contributed by atoms with van der Waals surface area (Å²) in [5, 5.41) is 0.767. The first kappa shape index (κ1) is 13.5. The van der Waals surface area contributed by atoms with Gasteiger partial charge in [-0.15, -0.1) is 0 Å². The molecular weight excluding hydrogens is 244 g/mol. The summed E-state index contributed by atoms with van der Waals surface area (Å²) in [5.74, 6) is 1.62. The lowest BCUT2D eigenvalue weighted by Gasteiger charge is -2.25. The molecule has 100 valence electrons. The summed E-state index contributed by atoms with van der Waals surface area (Å²) in [5.41, 5.74) is 8.00. The molecular formula is C15H23ClN2. The maximum absolute atomic E-state index is 6.07. The number of hydrogen-bond donors (Lipinski definition) is 1. The van der Waals surface area contributed by atoms with Gasteiger partial charge in [0.05, 0.1) is 11.4 Å². The predicted octanol–water partition coefficient (Wildman–Crippen LogP) is 4.18. The van der Waals surface area contributed by atoms with Gasteiger partial charge in [0, 0.05) is 18.1 Å². The number of rotatable bonds is 2. The molecule has 2 nitrogen and oxygen atoms in total. The highest BCUT2D eigenvalue weighted by Crippen LogP contribution is 2.31. The van der Waals surface area contributed by atoms with E-state index >= 15 is 0 Å². The van der Waals surface area contributed by atoms with Crippen LogP contribution in [0, 0.1) is 11.8 Å². The number of halogens is 1. The van der Waals surface area contributed by atoms with Crippen molar-refractivity contribution in [1.29, 1.82) is 0 Å². The molecule has 0 spiro atoms. The first-order valence-electron chi connectivity index (χ1n) is 6.88. The smallest absolute Gasteiger partial charge is 0.0614 e. The lowest BCUT2D eigenvalue weighted by atomic mass is 9.89. The van der Waals surface area contributed by atoms with E-state index in [0.29, 0.717) is 0 Å². The van der Waals surface area contributed by atoms with E-state index in [0.717, 1.165) is 41.3 Å². The van der Waals surface area contributed by atoms with E-state index in [1.807, 2.05) is 18.2 Å². The Balaban J connectivity index is 2.12. The molecule has 0 amide bonds. The minimum absolute atomic E-state index is 0.767. The van der Waals surface area contributed by atoms with Gasteiger partial charge in [0.1, 0.15) is 0 Å². The summed E-state index contributed by atoms with van der Waals surface area (Å²) < 4.78 is 0. The Morgan fingerprint density at radius 1 is 1.28 bits per heavy atom. The molecule has 0 aromatic heterocycles. The van der Waals surface area contributed by atoms with Crippen LogP contribution in [-0.2, 0) is 0 Å². The fourth-order valence-electron chi connectivity index (χ4n) is 2.82. The number of nitrogens with two attached hydrogens (primary N) is 1. The van der Waals surface area contributed by atoms with E-state index in [1.165, 1.54) is 19.3 Å². The van der Waals surface area contributed by atoms with Crippen LogP contribution < -0.4 is 10.6 Å². The van der Waals surface area contributed by atoms with Crippen molar-refractivity contribution in [2.24, 2.45) is 11.8 Å².